The van der Waals surface area contributed by atoms with Gasteiger partial charge in [-0.05, 0) is 30.5 Å². The lowest BCUT2D eigenvalue weighted by atomic mass is 10.1. The van der Waals surface area contributed by atoms with Crippen molar-refractivity contribution in [3.05, 3.63) is 35.4 Å². The van der Waals surface area contributed by atoms with Gasteiger partial charge in [0.2, 0.25) is 0 Å². The van der Waals surface area contributed by atoms with Gasteiger partial charge in [-0.25, -0.2) is 15.2 Å². The second kappa shape index (κ2) is 7.23. The number of hydrogen-bond acceptors (Lipinski definition) is 4. The zero-order valence-corrected chi connectivity index (χ0v) is 11.1. The minimum Gasteiger partial charge on any atom is -0.478 e. The summed E-state index contributed by atoms with van der Waals surface area (Å²) in [5.41, 5.74) is 7.87. The van der Waals surface area contributed by atoms with Gasteiger partial charge in [-0.2, -0.15) is 5.53 Å². The standard InChI is InChI=1S/C14H21N3O2/c18-14(19)13-7-5-12(6-8-13)11-17-10-4-2-1-3-9-15-16-17/h5-8,15-16H,1-4,9-11H2,(H,18,19). The van der Waals surface area contributed by atoms with Crippen LogP contribution in [0, 0.1) is 0 Å². The van der Waals surface area contributed by atoms with E-state index >= 15 is 0 Å². The highest BCUT2D eigenvalue weighted by atomic mass is 16.4. The second-order valence-corrected chi connectivity index (χ2v) is 4.88. The van der Waals surface area contributed by atoms with E-state index in [1.165, 1.54) is 25.7 Å². The van der Waals surface area contributed by atoms with E-state index in [1.807, 2.05) is 12.1 Å². The number of carboxylic acid groups (broad SMARTS) is 1. The van der Waals surface area contributed by atoms with Crippen molar-refractivity contribution in [2.45, 2.75) is 32.2 Å². The predicted octanol–water partition coefficient (Wildman–Crippen LogP) is 1.77. The monoisotopic (exact) mass is 263 g/mol. The Bertz CT molecular complexity index is 396. The zero-order chi connectivity index (χ0) is 13.5. The van der Waals surface area contributed by atoms with Crippen LogP contribution >= 0.6 is 0 Å². The number of hydrogen-bond donors (Lipinski definition) is 3. The molecule has 0 bridgehead atoms. The Hall–Kier alpha value is -1.43. The number of nitrogens with one attached hydrogen (secondary N) is 2. The number of aromatic carboxylic acids is 1. The third kappa shape index (κ3) is 4.63. The van der Waals surface area contributed by atoms with Crippen LogP contribution in [0.3, 0.4) is 0 Å². The molecule has 1 aromatic rings. The van der Waals surface area contributed by atoms with Gasteiger partial charge in [0.05, 0.1) is 5.56 Å². The number of hydrazine groups is 2. The summed E-state index contributed by atoms with van der Waals surface area (Å²) in [6, 6.07) is 7.05. The van der Waals surface area contributed by atoms with Crippen molar-refractivity contribution in [3.8, 4) is 0 Å². The molecule has 0 aliphatic carbocycles. The second-order valence-electron chi connectivity index (χ2n) is 4.88. The quantitative estimate of drug-likeness (QED) is 0.775. The van der Waals surface area contributed by atoms with E-state index in [9.17, 15) is 4.79 Å². The van der Waals surface area contributed by atoms with Crippen molar-refractivity contribution in [1.29, 1.82) is 0 Å². The fourth-order valence-electron chi connectivity index (χ4n) is 2.18. The lowest BCUT2D eigenvalue weighted by Gasteiger charge is -2.22. The molecule has 0 spiro atoms. The van der Waals surface area contributed by atoms with Gasteiger partial charge in [0.15, 0.2) is 0 Å². The highest BCUT2D eigenvalue weighted by molar-refractivity contribution is 5.87. The molecule has 0 radical (unpaired) electrons. The SMILES string of the molecule is O=C(O)c1ccc(CN2CCCCCCNN2)cc1. The Morgan fingerprint density at radius 3 is 2.63 bits per heavy atom. The molecule has 5 heteroatoms. The van der Waals surface area contributed by atoms with Gasteiger partial charge in [0.1, 0.15) is 0 Å². The van der Waals surface area contributed by atoms with Crippen LogP contribution in [0.4, 0.5) is 0 Å². The van der Waals surface area contributed by atoms with E-state index in [2.05, 4.69) is 16.0 Å². The van der Waals surface area contributed by atoms with Crippen molar-refractivity contribution < 1.29 is 9.90 Å². The van der Waals surface area contributed by atoms with Crippen molar-refractivity contribution in [1.82, 2.24) is 16.0 Å². The molecule has 1 aromatic carbocycles. The lowest BCUT2D eigenvalue weighted by Crippen LogP contribution is -2.46. The molecular formula is C14H21N3O2. The van der Waals surface area contributed by atoms with E-state index < -0.39 is 5.97 Å². The van der Waals surface area contributed by atoms with E-state index in [1.54, 1.807) is 12.1 Å². The van der Waals surface area contributed by atoms with E-state index in [-0.39, 0.29) is 0 Å². The molecule has 1 aliphatic rings. The highest BCUT2D eigenvalue weighted by Gasteiger charge is 2.08. The summed E-state index contributed by atoms with van der Waals surface area (Å²) < 4.78 is 0. The zero-order valence-electron chi connectivity index (χ0n) is 11.1. The summed E-state index contributed by atoms with van der Waals surface area (Å²) in [7, 11) is 0. The minimum atomic E-state index is -0.880. The summed E-state index contributed by atoms with van der Waals surface area (Å²) in [5.74, 6) is -0.880. The molecule has 19 heavy (non-hydrogen) atoms. The third-order valence-electron chi connectivity index (χ3n) is 3.29. The first-order valence-corrected chi connectivity index (χ1v) is 6.81. The first-order chi connectivity index (χ1) is 9.25. The molecule has 5 nitrogen and oxygen atoms in total. The number of nitrogens with zero attached hydrogens (tertiary/aromatic N) is 1. The van der Waals surface area contributed by atoms with Gasteiger partial charge in [-0.15, -0.1) is 0 Å². The van der Waals surface area contributed by atoms with Crippen molar-refractivity contribution in [3.63, 3.8) is 0 Å². The largest absolute Gasteiger partial charge is 0.478 e. The topological polar surface area (TPSA) is 64.6 Å². The fourth-order valence-corrected chi connectivity index (χ4v) is 2.18. The van der Waals surface area contributed by atoms with Crippen LogP contribution in [-0.2, 0) is 6.54 Å². The first kappa shape index (κ1) is 14.0. The maximum atomic E-state index is 10.8. The van der Waals surface area contributed by atoms with Gasteiger partial charge in [0, 0.05) is 19.6 Å². The molecule has 0 aromatic heterocycles. The lowest BCUT2D eigenvalue weighted by molar-refractivity contribution is 0.0697. The molecule has 1 heterocycles. The molecular weight excluding hydrogens is 242 g/mol. The Morgan fingerprint density at radius 2 is 1.89 bits per heavy atom. The summed E-state index contributed by atoms with van der Waals surface area (Å²) in [6.07, 6.45) is 4.92. The maximum absolute atomic E-state index is 10.8. The van der Waals surface area contributed by atoms with Gasteiger partial charge >= 0.3 is 5.97 Å². The van der Waals surface area contributed by atoms with Crippen LogP contribution < -0.4 is 11.0 Å². The van der Waals surface area contributed by atoms with Crippen LogP contribution in [0.1, 0.15) is 41.6 Å². The van der Waals surface area contributed by atoms with Crippen molar-refractivity contribution in [2.24, 2.45) is 0 Å². The average molecular weight is 263 g/mol. The predicted molar refractivity (Wildman–Crippen MR) is 73.4 cm³/mol. The van der Waals surface area contributed by atoms with Crippen LogP contribution in [-0.4, -0.2) is 29.2 Å². The van der Waals surface area contributed by atoms with Crippen molar-refractivity contribution >= 4 is 5.97 Å². The third-order valence-corrected chi connectivity index (χ3v) is 3.29. The van der Waals surface area contributed by atoms with Crippen LogP contribution in [0.5, 0.6) is 0 Å². The van der Waals surface area contributed by atoms with E-state index in [4.69, 9.17) is 5.11 Å². The van der Waals surface area contributed by atoms with E-state index in [0.29, 0.717) is 5.56 Å². The number of carboxylic acids is 1. The van der Waals surface area contributed by atoms with Gasteiger partial charge in [-0.3, -0.25) is 0 Å². The highest BCUT2D eigenvalue weighted by Crippen LogP contribution is 2.09. The first-order valence-electron chi connectivity index (χ1n) is 6.81. The molecule has 3 N–H and O–H groups in total. The summed E-state index contributed by atoms with van der Waals surface area (Å²) in [6.45, 7) is 2.75. The average Bonchev–Trinajstić information content (AvgIpc) is 2.53. The molecule has 2 rings (SSSR count). The summed E-state index contributed by atoms with van der Waals surface area (Å²) in [4.78, 5) is 10.8. The Morgan fingerprint density at radius 1 is 1.16 bits per heavy atom. The van der Waals surface area contributed by atoms with Crippen LogP contribution in [0.2, 0.25) is 0 Å². The molecule has 1 saturated heterocycles. The fraction of sp³-hybridized carbons (Fsp3) is 0.500. The Balaban J connectivity index is 1.92. The molecule has 0 atom stereocenters. The van der Waals surface area contributed by atoms with Gasteiger partial charge in [0.25, 0.3) is 0 Å². The summed E-state index contributed by atoms with van der Waals surface area (Å²) >= 11 is 0. The molecule has 1 fully saturated rings. The van der Waals surface area contributed by atoms with Gasteiger partial charge < -0.3 is 5.11 Å². The molecule has 0 saturated carbocycles. The number of benzene rings is 1. The maximum Gasteiger partial charge on any atom is 0.335 e. The van der Waals surface area contributed by atoms with Crippen LogP contribution in [0.25, 0.3) is 0 Å². The molecule has 1 aliphatic heterocycles. The van der Waals surface area contributed by atoms with Crippen LogP contribution in [0.15, 0.2) is 24.3 Å². The smallest absolute Gasteiger partial charge is 0.335 e. The van der Waals surface area contributed by atoms with E-state index in [0.717, 1.165) is 25.2 Å². The normalized spacial score (nSPS) is 18.3. The molecule has 0 unspecified atom stereocenters. The Labute approximate surface area is 113 Å². The molecule has 104 valence electrons. The Kier molecular flexibility index (Phi) is 5.32. The molecule has 0 amide bonds. The number of carbonyl (C=O) groups is 1. The van der Waals surface area contributed by atoms with Gasteiger partial charge in [-0.1, -0.05) is 25.0 Å². The minimum absolute atomic E-state index is 0.333. The van der Waals surface area contributed by atoms with Crippen molar-refractivity contribution in [2.75, 3.05) is 13.1 Å². The summed E-state index contributed by atoms with van der Waals surface area (Å²) in [5, 5.41) is 11.0. The number of rotatable bonds is 3.